The number of hydrogen-bond donors (Lipinski definition) is 0. The van der Waals surface area contributed by atoms with Crippen LogP contribution in [0.1, 0.15) is 147 Å². The van der Waals surface area contributed by atoms with Gasteiger partial charge in [0.15, 0.2) is 24.8 Å². The van der Waals surface area contributed by atoms with Crippen molar-refractivity contribution in [1.29, 1.82) is 0 Å². The SMILES string of the molecule is C.C.C.C.Cc1cc(C)c(C)c(-c2cc3nc(-c4c(C(C)C)cccc4C(C)C)sc3c[n+]2C)c1.Cc1cc(C)c(C)c(-c2cc3nc(-c4ccc(F)cc4)sc3c[n+]2C)c1.Cc1cc(C)c(C)c(-c2cc3nc(-c4ccccc4)sc3c[n+]2C)c1.Cc1cc(C)c(C)c(-c2cc3scnc3c[n+]2C)c1. The summed E-state index contributed by atoms with van der Waals surface area (Å²) >= 11 is 6.88. The molecule has 8 heterocycles. The van der Waals surface area contributed by atoms with Gasteiger partial charge in [-0.1, -0.05) is 152 Å². The summed E-state index contributed by atoms with van der Waals surface area (Å²) in [6, 6.07) is 50.6. The largest absolute Gasteiger partial charge is 0.238 e. The summed E-state index contributed by atoms with van der Waals surface area (Å²) in [6.45, 7) is 35.2. The zero-order valence-electron chi connectivity index (χ0n) is 62.0. The smallest absolute Gasteiger partial charge is 0.214 e. The topological polar surface area (TPSA) is 67.1 Å². The van der Waals surface area contributed by atoms with E-state index in [9.17, 15) is 4.39 Å². The summed E-state index contributed by atoms with van der Waals surface area (Å²) in [4.78, 5) is 19.2. The van der Waals surface area contributed by atoms with Gasteiger partial charge >= 0.3 is 0 Å². The third kappa shape index (κ3) is 17.3. The van der Waals surface area contributed by atoms with Gasteiger partial charge in [-0.3, -0.25) is 0 Å². The second kappa shape index (κ2) is 33.8. The first-order chi connectivity index (χ1) is 48.2. The standard InChI is InChI=1S/C28H33N2S.C22H20FN2S.C22H21N2S.C16H17N2S.4CH4/c1-16(2)21-10-9-11-22(17(3)4)27(21)28-29-24-14-25(30(8)15-26(24)31-28)23-13-18(5)12-19(6)20(23)7;1-13-9-14(2)15(3)18(10-13)20-11-19-21(12-25(20)4)26-22(24-19)16-5-7-17(23)8-6-16;1-14-10-15(2)16(3)18(11-14)20-12-19-21(13-24(20)4)25-22(23-19)17-8-6-5-7-9-17;1-10-5-11(2)12(3)13(6-10)15-7-16-14(8-18(15)4)17-9-19-16;;;;/h9-17H,1-8H3;5-12H,1-4H3;5-13H,1-4H3;5-9H,1-4H3;4*1H4/q4*+1;;;;. The van der Waals surface area contributed by atoms with Crippen molar-refractivity contribution in [2.45, 2.75) is 152 Å². The molecule has 105 heavy (non-hydrogen) atoms. The Bertz CT molecular complexity index is 5610. The number of aromatic nitrogens is 8. The maximum Gasteiger partial charge on any atom is 0.214 e. The first-order valence-corrected chi connectivity index (χ1v) is 37.9. The summed E-state index contributed by atoms with van der Waals surface area (Å²) in [5, 5.41) is 3.12. The molecule has 0 aliphatic carbocycles. The maximum absolute atomic E-state index is 13.2. The fourth-order valence-electron chi connectivity index (χ4n) is 13.6. The van der Waals surface area contributed by atoms with Gasteiger partial charge in [0, 0.05) is 63.2 Å². The molecule has 8 aromatic heterocycles. The van der Waals surface area contributed by atoms with Crippen LogP contribution in [-0.4, -0.2) is 19.9 Å². The van der Waals surface area contributed by atoms with Crippen molar-refractivity contribution in [3.8, 4) is 76.7 Å². The van der Waals surface area contributed by atoms with Gasteiger partial charge in [0.2, 0.25) is 22.8 Å². The molecule has 0 N–H and O–H groups in total. The van der Waals surface area contributed by atoms with Gasteiger partial charge < -0.3 is 0 Å². The van der Waals surface area contributed by atoms with Crippen LogP contribution in [0.15, 0.2) is 176 Å². The normalized spacial score (nSPS) is 11.0. The lowest BCUT2D eigenvalue weighted by Gasteiger charge is -2.17. The van der Waals surface area contributed by atoms with Crippen LogP contribution in [0.4, 0.5) is 4.39 Å². The number of aryl methyl sites for hydroxylation is 12. The van der Waals surface area contributed by atoms with Crippen molar-refractivity contribution in [3.63, 3.8) is 0 Å². The molecule has 13 heteroatoms. The third-order valence-electron chi connectivity index (χ3n) is 19.6. The van der Waals surface area contributed by atoms with E-state index in [1.165, 1.54) is 155 Å². The number of halogens is 1. The van der Waals surface area contributed by atoms with Crippen LogP contribution in [0.5, 0.6) is 0 Å². The molecule has 0 aliphatic rings. The molecule has 0 fully saturated rings. The molecular weight excluding hydrogens is 1360 g/mol. The van der Waals surface area contributed by atoms with E-state index in [1.54, 1.807) is 46.1 Å². The molecule has 8 nitrogen and oxygen atoms in total. The fourth-order valence-corrected chi connectivity index (χ4v) is 17.5. The summed E-state index contributed by atoms with van der Waals surface area (Å²) in [7, 11) is 8.43. The van der Waals surface area contributed by atoms with E-state index in [1.807, 2.05) is 22.9 Å². The minimum absolute atomic E-state index is 0. The fraction of sp³-hybridized carbons (Fsp3) is 0.283. The molecule has 15 aromatic rings. The molecule has 0 saturated carbocycles. The van der Waals surface area contributed by atoms with Crippen LogP contribution in [0, 0.1) is 88.9 Å². The average molecular weight is 1470 g/mol. The highest BCUT2D eigenvalue weighted by atomic mass is 32.1. The van der Waals surface area contributed by atoms with Gasteiger partial charge in [-0.15, -0.1) is 45.3 Å². The molecular formula is C92H107FN8S4+4. The highest BCUT2D eigenvalue weighted by Gasteiger charge is 2.25. The van der Waals surface area contributed by atoms with Crippen molar-refractivity contribution in [1.82, 2.24) is 19.9 Å². The molecule has 0 aliphatic heterocycles. The Labute approximate surface area is 641 Å². The minimum Gasteiger partial charge on any atom is -0.238 e. The Morgan fingerprint density at radius 2 is 0.676 bits per heavy atom. The summed E-state index contributed by atoms with van der Waals surface area (Å²) in [5.41, 5.74) is 38.1. The van der Waals surface area contributed by atoms with Crippen LogP contribution >= 0.6 is 45.3 Å². The first kappa shape index (κ1) is 81.3. The third-order valence-corrected chi connectivity index (χ3v) is 23.5. The van der Waals surface area contributed by atoms with Crippen LogP contribution < -0.4 is 18.3 Å². The Hall–Kier alpha value is -9.37. The van der Waals surface area contributed by atoms with Crippen LogP contribution in [0.2, 0.25) is 0 Å². The first-order valence-electron chi connectivity index (χ1n) is 34.6. The molecule has 0 radical (unpaired) electrons. The van der Waals surface area contributed by atoms with Crippen molar-refractivity contribution >= 4 is 86.2 Å². The maximum atomic E-state index is 13.2. The van der Waals surface area contributed by atoms with Crippen LogP contribution in [-0.2, 0) is 28.2 Å². The summed E-state index contributed by atoms with van der Waals surface area (Å²) in [5.74, 6) is 0.699. The molecule has 0 saturated heterocycles. The number of rotatable bonds is 9. The molecule has 0 atom stereocenters. The Balaban J connectivity index is 0.000000177. The van der Waals surface area contributed by atoms with Crippen molar-refractivity contribution in [2.24, 2.45) is 28.2 Å². The van der Waals surface area contributed by atoms with E-state index in [0.29, 0.717) is 11.8 Å². The number of fused-ring (bicyclic) bond motifs is 4. The lowest BCUT2D eigenvalue weighted by atomic mass is 9.89. The molecule has 542 valence electrons. The number of benzene rings is 7. The zero-order chi connectivity index (χ0) is 72.0. The highest BCUT2D eigenvalue weighted by Crippen LogP contribution is 2.42. The summed E-state index contributed by atoms with van der Waals surface area (Å²) < 4.78 is 26.8. The number of thiazole rings is 4. The molecule has 0 unspecified atom stereocenters. The average Bonchev–Trinajstić information content (AvgIpc) is 1.67. The minimum atomic E-state index is -0.228. The van der Waals surface area contributed by atoms with E-state index in [2.05, 4.69) is 302 Å². The van der Waals surface area contributed by atoms with E-state index in [4.69, 9.17) is 15.0 Å². The van der Waals surface area contributed by atoms with E-state index < -0.39 is 0 Å². The quantitative estimate of drug-likeness (QED) is 0.135. The Kier molecular flexibility index (Phi) is 26.2. The van der Waals surface area contributed by atoms with Crippen molar-refractivity contribution in [2.75, 3.05) is 0 Å². The van der Waals surface area contributed by atoms with Gasteiger partial charge in [-0.2, -0.15) is 18.3 Å². The van der Waals surface area contributed by atoms with E-state index >= 15 is 0 Å². The van der Waals surface area contributed by atoms with Gasteiger partial charge in [0.1, 0.15) is 68.6 Å². The predicted octanol–water partition coefficient (Wildman–Crippen LogP) is 24.8. The van der Waals surface area contributed by atoms with Gasteiger partial charge in [-0.05, 0) is 199 Å². The Morgan fingerprint density at radius 1 is 0.343 bits per heavy atom. The number of hydrogen-bond acceptors (Lipinski definition) is 8. The molecule has 15 rings (SSSR count). The second-order valence-electron chi connectivity index (χ2n) is 28.0. The van der Waals surface area contributed by atoms with Gasteiger partial charge in [0.05, 0.1) is 26.8 Å². The monoisotopic (exact) mass is 1470 g/mol. The molecule has 0 bridgehead atoms. The predicted molar refractivity (Wildman–Crippen MR) is 453 cm³/mol. The molecule has 0 spiro atoms. The lowest BCUT2D eigenvalue weighted by molar-refractivity contribution is -0.659. The van der Waals surface area contributed by atoms with Gasteiger partial charge in [0.25, 0.3) is 0 Å². The van der Waals surface area contributed by atoms with Crippen molar-refractivity contribution < 1.29 is 22.7 Å². The number of nitrogens with zero attached hydrogens (tertiary/aromatic N) is 8. The van der Waals surface area contributed by atoms with Crippen LogP contribution in [0.3, 0.4) is 0 Å². The van der Waals surface area contributed by atoms with E-state index in [-0.39, 0.29) is 35.5 Å². The lowest BCUT2D eigenvalue weighted by Crippen LogP contribution is -2.30. The highest BCUT2D eigenvalue weighted by molar-refractivity contribution is 7.22. The summed E-state index contributed by atoms with van der Waals surface area (Å²) in [6.07, 6.45) is 8.69. The Morgan fingerprint density at radius 3 is 1.05 bits per heavy atom. The number of pyridine rings is 4. The van der Waals surface area contributed by atoms with E-state index in [0.717, 1.165) is 53.0 Å². The molecule has 0 amide bonds. The van der Waals surface area contributed by atoms with Crippen LogP contribution in [0.25, 0.3) is 118 Å². The second-order valence-corrected chi connectivity index (χ2v) is 32.0. The zero-order valence-corrected chi connectivity index (χ0v) is 65.3. The molecule has 7 aromatic carbocycles. The van der Waals surface area contributed by atoms with Gasteiger partial charge in [-0.25, -0.2) is 24.3 Å². The van der Waals surface area contributed by atoms with Crippen molar-refractivity contribution in [3.05, 3.63) is 260 Å².